The van der Waals surface area contributed by atoms with E-state index in [0.717, 1.165) is 11.6 Å². The molecule has 3 rings (SSSR count). The van der Waals surface area contributed by atoms with Crippen LogP contribution in [0, 0.1) is 17.5 Å². The molecule has 3 aromatic rings. The number of carbonyl (C=O) groups is 2. The van der Waals surface area contributed by atoms with Gasteiger partial charge < -0.3 is 15.4 Å². The summed E-state index contributed by atoms with van der Waals surface area (Å²) in [4.78, 5) is 24.5. The molecule has 0 unspecified atom stereocenters. The Morgan fingerprint density at radius 2 is 1.61 bits per heavy atom. The molecule has 2 N–H and O–H groups in total. The lowest BCUT2D eigenvalue weighted by molar-refractivity contribution is -0.115. The van der Waals surface area contributed by atoms with Crippen LogP contribution in [0.15, 0.2) is 60.7 Å². The van der Waals surface area contributed by atoms with Crippen molar-refractivity contribution in [1.29, 1.82) is 0 Å². The summed E-state index contributed by atoms with van der Waals surface area (Å²) in [6.45, 7) is -0.407. The number of nitrogens with one attached hydrogen (secondary N) is 2. The van der Waals surface area contributed by atoms with E-state index < -0.39 is 41.5 Å². The lowest BCUT2D eigenvalue weighted by atomic mass is 10.2. The molecule has 2 amide bonds. The third-order valence-corrected chi connectivity index (χ3v) is 4.56. The summed E-state index contributed by atoms with van der Waals surface area (Å²) >= 11 is 6.10. The number of hydrogen-bond acceptors (Lipinski definition) is 3. The minimum Gasteiger partial charge on any atom is -0.488 e. The van der Waals surface area contributed by atoms with Gasteiger partial charge in [-0.3, -0.25) is 9.59 Å². The van der Waals surface area contributed by atoms with Crippen LogP contribution in [0.5, 0.6) is 5.75 Å². The molecule has 0 fully saturated rings. The van der Waals surface area contributed by atoms with E-state index in [1.165, 1.54) is 6.07 Å². The molecule has 160 valence electrons. The largest absolute Gasteiger partial charge is 0.488 e. The lowest BCUT2D eigenvalue weighted by Crippen LogP contribution is -2.33. The first-order valence-corrected chi connectivity index (χ1v) is 9.41. The van der Waals surface area contributed by atoms with Crippen LogP contribution in [-0.4, -0.2) is 18.4 Å². The molecule has 0 aromatic heterocycles. The molecule has 0 aliphatic carbocycles. The molecule has 3 aromatic carbocycles. The number of para-hydroxylation sites is 1. The second kappa shape index (κ2) is 9.99. The highest BCUT2D eigenvalue weighted by molar-refractivity contribution is 6.31. The molecule has 0 aliphatic heterocycles. The van der Waals surface area contributed by atoms with Crippen LogP contribution >= 0.6 is 11.6 Å². The molecule has 0 aliphatic rings. The minimum absolute atomic E-state index is 0.125. The monoisotopic (exact) mass is 448 g/mol. The van der Waals surface area contributed by atoms with Crippen molar-refractivity contribution in [2.24, 2.45) is 0 Å². The second-order valence-corrected chi connectivity index (χ2v) is 6.74. The zero-order chi connectivity index (χ0) is 22.4. The van der Waals surface area contributed by atoms with Gasteiger partial charge in [-0.1, -0.05) is 41.9 Å². The van der Waals surface area contributed by atoms with E-state index in [4.69, 9.17) is 16.3 Å². The molecule has 0 radical (unpaired) electrons. The van der Waals surface area contributed by atoms with Crippen molar-refractivity contribution in [3.63, 3.8) is 0 Å². The summed E-state index contributed by atoms with van der Waals surface area (Å²) in [7, 11) is 0. The first-order valence-electron chi connectivity index (χ1n) is 9.03. The van der Waals surface area contributed by atoms with Crippen molar-refractivity contribution < 1.29 is 27.5 Å². The van der Waals surface area contributed by atoms with Gasteiger partial charge in [-0.15, -0.1) is 0 Å². The third-order valence-electron chi connectivity index (χ3n) is 4.19. The Bertz CT molecular complexity index is 1120. The third kappa shape index (κ3) is 5.55. The van der Waals surface area contributed by atoms with E-state index >= 15 is 0 Å². The maximum atomic E-state index is 13.6. The normalized spacial score (nSPS) is 10.5. The predicted molar refractivity (Wildman–Crippen MR) is 110 cm³/mol. The van der Waals surface area contributed by atoms with Gasteiger partial charge in [-0.05, 0) is 30.3 Å². The van der Waals surface area contributed by atoms with Crippen molar-refractivity contribution in [1.82, 2.24) is 5.32 Å². The van der Waals surface area contributed by atoms with Crippen LogP contribution < -0.4 is 15.4 Å². The van der Waals surface area contributed by atoms with Crippen molar-refractivity contribution in [2.45, 2.75) is 6.61 Å². The summed E-state index contributed by atoms with van der Waals surface area (Å²) in [5.74, 6) is -5.78. The van der Waals surface area contributed by atoms with Gasteiger partial charge >= 0.3 is 0 Å². The van der Waals surface area contributed by atoms with Crippen molar-refractivity contribution >= 4 is 29.1 Å². The molecule has 0 atom stereocenters. The SMILES string of the molecule is O=C(CNC(=O)c1ccccc1OCc1ccccc1Cl)Nc1ccc(F)c(F)c1F. The van der Waals surface area contributed by atoms with Crippen LogP contribution in [0.1, 0.15) is 15.9 Å². The van der Waals surface area contributed by atoms with Gasteiger partial charge in [0.2, 0.25) is 5.91 Å². The van der Waals surface area contributed by atoms with E-state index in [9.17, 15) is 22.8 Å². The standard InChI is InChI=1S/C22H16ClF3N2O3/c23-15-7-3-1-5-13(15)12-31-18-8-4-2-6-14(18)22(30)27-11-19(29)28-17-10-9-16(24)20(25)21(17)26/h1-10H,11-12H2,(H,27,30)(H,28,29). The Balaban J connectivity index is 1.61. The fourth-order valence-corrected chi connectivity index (χ4v) is 2.81. The molecule has 0 saturated heterocycles. The molecule has 31 heavy (non-hydrogen) atoms. The summed E-state index contributed by atoms with van der Waals surface area (Å²) in [5.41, 5.74) is 0.357. The zero-order valence-electron chi connectivity index (χ0n) is 15.9. The van der Waals surface area contributed by atoms with E-state index in [-0.39, 0.29) is 17.9 Å². The Hall–Kier alpha value is -3.52. The topological polar surface area (TPSA) is 67.4 Å². The molecule has 0 bridgehead atoms. The Kier molecular flexibility index (Phi) is 7.15. The van der Waals surface area contributed by atoms with Crippen molar-refractivity contribution in [2.75, 3.05) is 11.9 Å². The van der Waals surface area contributed by atoms with Crippen LogP contribution in [-0.2, 0) is 11.4 Å². The van der Waals surface area contributed by atoms with E-state index in [1.807, 2.05) is 0 Å². The number of ether oxygens (including phenoxy) is 1. The van der Waals surface area contributed by atoms with E-state index in [1.54, 1.807) is 42.5 Å². The van der Waals surface area contributed by atoms with Gasteiger partial charge in [0.25, 0.3) is 5.91 Å². The van der Waals surface area contributed by atoms with Gasteiger partial charge in [0.15, 0.2) is 17.5 Å². The Morgan fingerprint density at radius 1 is 0.903 bits per heavy atom. The van der Waals surface area contributed by atoms with Gasteiger partial charge in [0.05, 0.1) is 17.8 Å². The molecule has 0 spiro atoms. The number of hydrogen-bond donors (Lipinski definition) is 2. The maximum Gasteiger partial charge on any atom is 0.255 e. The first kappa shape index (κ1) is 22.2. The molecule has 0 heterocycles. The van der Waals surface area contributed by atoms with Crippen LogP contribution in [0.4, 0.5) is 18.9 Å². The number of amides is 2. The van der Waals surface area contributed by atoms with Crippen LogP contribution in [0.25, 0.3) is 0 Å². The lowest BCUT2D eigenvalue weighted by Gasteiger charge is -2.13. The summed E-state index contributed by atoms with van der Waals surface area (Å²) in [5, 5.41) is 4.96. The molecular formula is C22H16ClF3N2O3. The highest BCUT2D eigenvalue weighted by Gasteiger charge is 2.17. The summed E-state index contributed by atoms with van der Waals surface area (Å²) < 4.78 is 45.6. The molecular weight excluding hydrogens is 433 g/mol. The maximum absolute atomic E-state index is 13.6. The Morgan fingerprint density at radius 3 is 2.39 bits per heavy atom. The smallest absolute Gasteiger partial charge is 0.255 e. The zero-order valence-corrected chi connectivity index (χ0v) is 16.7. The first-order chi connectivity index (χ1) is 14.9. The number of halogens is 4. The van der Waals surface area contributed by atoms with Gasteiger partial charge in [-0.2, -0.15) is 0 Å². The van der Waals surface area contributed by atoms with E-state index in [2.05, 4.69) is 10.6 Å². The van der Waals surface area contributed by atoms with Crippen LogP contribution in [0.2, 0.25) is 5.02 Å². The van der Waals surface area contributed by atoms with Crippen LogP contribution in [0.3, 0.4) is 0 Å². The summed E-state index contributed by atoms with van der Waals surface area (Å²) in [6, 6.07) is 15.0. The summed E-state index contributed by atoms with van der Waals surface area (Å²) in [6.07, 6.45) is 0. The highest BCUT2D eigenvalue weighted by Crippen LogP contribution is 2.22. The van der Waals surface area contributed by atoms with Gasteiger partial charge in [-0.25, -0.2) is 13.2 Å². The fourth-order valence-electron chi connectivity index (χ4n) is 2.62. The molecule has 5 nitrogen and oxygen atoms in total. The number of carbonyl (C=O) groups excluding carboxylic acids is 2. The van der Waals surface area contributed by atoms with E-state index in [0.29, 0.717) is 11.1 Å². The Labute approximate surface area is 180 Å². The predicted octanol–water partition coefficient (Wildman–Crippen LogP) is 4.70. The number of benzene rings is 3. The number of anilines is 1. The fraction of sp³-hybridized carbons (Fsp3) is 0.0909. The number of rotatable bonds is 7. The molecule has 0 saturated carbocycles. The van der Waals surface area contributed by atoms with Gasteiger partial charge in [0, 0.05) is 10.6 Å². The van der Waals surface area contributed by atoms with Crippen molar-refractivity contribution in [3.8, 4) is 5.75 Å². The second-order valence-electron chi connectivity index (χ2n) is 6.33. The quantitative estimate of drug-likeness (QED) is 0.515. The average molecular weight is 449 g/mol. The van der Waals surface area contributed by atoms with Gasteiger partial charge in [0.1, 0.15) is 12.4 Å². The minimum atomic E-state index is -1.70. The average Bonchev–Trinajstić information content (AvgIpc) is 2.77. The highest BCUT2D eigenvalue weighted by atomic mass is 35.5. The molecule has 9 heteroatoms. The van der Waals surface area contributed by atoms with Crippen molar-refractivity contribution in [3.05, 3.63) is 94.3 Å².